The maximum Gasteiger partial charge on any atom is 0.425 e. The third-order valence-corrected chi connectivity index (χ3v) is 6.60. The molecule has 1 amide bonds. The van der Waals surface area contributed by atoms with Crippen molar-refractivity contribution in [3.8, 4) is 0 Å². The number of carbonyl (C=O) groups is 1. The molecule has 0 unspecified atom stereocenters. The summed E-state index contributed by atoms with van der Waals surface area (Å²) in [4.78, 5) is 26.3. The van der Waals surface area contributed by atoms with E-state index in [1.54, 1.807) is 18.2 Å². The van der Waals surface area contributed by atoms with Crippen molar-refractivity contribution in [2.75, 3.05) is 26.2 Å². The minimum absolute atomic E-state index is 0.0336. The maximum absolute atomic E-state index is 12.4. The smallest absolute Gasteiger partial charge is 0.327 e. The molecule has 0 N–H and O–H groups in total. The van der Waals surface area contributed by atoms with Gasteiger partial charge in [-0.05, 0) is 21.9 Å². The molecule has 3 aromatic carbocycles. The van der Waals surface area contributed by atoms with Gasteiger partial charge < -0.3 is 9.08 Å². The summed E-state index contributed by atoms with van der Waals surface area (Å²) >= 11 is 0. The summed E-state index contributed by atoms with van der Waals surface area (Å²) in [5.74, 6) is -0.393. The van der Waals surface area contributed by atoms with Crippen molar-refractivity contribution in [3.05, 3.63) is 88.0 Å². The maximum atomic E-state index is 12.4. The molecule has 1 aliphatic heterocycles. The molecular weight excluding hydrogens is 446 g/mol. The van der Waals surface area contributed by atoms with Crippen LogP contribution in [0.15, 0.2) is 66.7 Å². The van der Waals surface area contributed by atoms with Crippen LogP contribution < -0.4 is 0 Å². The van der Waals surface area contributed by atoms with E-state index in [0.717, 1.165) is 16.3 Å². The lowest BCUT2D eigenvalue weighted by Crippen LogP contribution is -2.48. The lowest BCUT2D eigenvalue weighted by molar-refractivity contribution is -0.384. The molecule has 1 heterocycles. The van der Waals surface area contributed by atoms with Gasteiger partial charge in [0.1, 0.15) is 5.75 Å². The standard InChI is InChI=1S/C23H23N3O6S/c27-23(32-33(30,31)17-19-8-9-20-5-1-2-6-21(20)14-19)25-12-10-24(11-13-25)16-18-4-3-7-22(15-18)26(28)29/h1-9,14-15H,10-13,16-17H2. The van der Waals surface area contributed by atoms with Crippen molar-refractivity contribution in [3.63, 3.8) is 0 Å². The second-order valence-corrected chi connectivity index (χ2v) is 9.49. The Kier molecular flexibility index (Phi) is 6.57. The Labute approximate surface area is 191 Å². The summed E-state index contributed by atoms with van der Waals surface area (Å²) in [5, 5.41) is 12.8. The van der Waals surface area contributed by atoms with Crippen molar-refractivity contribution in [2.24, 2.45) is 0 Å². The number of amides is 1. The van der Waals surface area contributed by atoms with Gasteiger partial charge in [-0.1, -0.05) is 54.6 Å². The zero-order valence-corrected chi connectivity index (χ0v) is 18.6. The Morgan fingerprint density at radius 3 is 2.36 bits per heavy atom. The molecule has 9 nitrogen and oxygen atoms in total. The highest BCUT2D eigenvalue weighted by atomic mass is 32.2. The van der Waals surface area contributed by atoms with Gasteiger partial charge in [-0.3, -0.25) is 15.0 Å². The van der Waals surface area contributed by atoms with Gasteiger partial charge in [0.15, 0.2) is 0 Å². The molecule has 1 aliphatic rings. The summed E-state index contributed by atoms with van der Waals surface area (Å²) in [7, 11) is -4.10. The molecule has 0 spiro atoms. The first-order valence-corrected chi connectivity index (χ1v) is 12.0. The number of non-ortho nitro benzene ring substituents is 1. The minimum atomic E-state index is -4.10. The van der Waals surface area contributed by atoms with Crippen molar-refractivity contribution in [1.82, 2.24) is 9.80 Å². The van der Waals surface area contributed by atoms with Crippen LogP contribution in [-0.2, 0) is 26.6 Å². The topological polar surface area (TPSA) is 110 Å². The van der Waals surface area contributed by atoms with Crippen LogP contribution in [0, 0.1) is 10.1 Å². The third-order valence-electron chi connectivity index (χ3n) is 5.51. The van der Waals surface area contributed by atoms with Gasteiger partial charge in [-0.15, -0.1) is 0 Å². The Morgan fingerprint density at radius 1 is 0.909 bits per heavy atom. The minimum Gasteiger partial charge on any atom is -0.327 e. The van der Waals surface area contributed by atoms with Crippen molar-refractivity contribution in [1.29, 1.82) is 0 Å². The fourth-order valence-corrected chi connectivity index (χ4v) is 4.81. The Hall–Kier alpha value is -3.50. The number of nitro groups is 1. The van der Waals surface area contributed by atoms with E-state index >= 15 is 0 Å². The molecule has 0 bridgehead atoms. The van der Waals surface area contributed by atoms with Crippen LogP contribution in [0.1, 0.15) is 11.1 Å². The van der Waals surface area contributed by atoms with Crippen molar-refractivity contribution < 1.29 is 22.3 Å². The summed E-state index contributed by atoms with van der Waals surface area (Å²) in [5.41, 5.74) is 1.38. The van der Waals surface area contributed by atoms with Gasteiger partial charge in [0.25, 0.3) is 5.69 Å². The van der Waals surface area contributed by atoms with Gasteiger partial charge in [0.2, 0.25) is 0 Å². The third kappa shape index (κ3) is 5.85. The highest BCUT2D eigenvalue weighted by Gasteiger charge is 2.27. The van der Waals surface area contributed by atoms with Gasteiger partial charge in [0.05, 0.1) is 4.92 Å². The molecule has 172 valence electrons. The van der Waals surface area contributed by atoms with Crippen LogP contribution in [0.2, 0.25) is 0 Å². The second kappa shape index (κ2) is 9.55. The van der Waals surface area contributed by atoms with Crippen molar-refractivity contribution >= 4 is 32.7 Å². The molecule has 0 aromatic heterocycles. The second-order valence-electron chi connectivity index (χ2n) is 7.92. The molecule has 10 heteroatoms. The highest BCUT2D eigenvalue weighted by molar-refractivity contribution is 7.86. The highest BCUT2D eigenvalue weighted by Crippen LogP contribution is 2.19. The number of hydrogen-bond acceptors (Lipinski definition) is 7. The molecule has 0 saturated carbocycles. The first kappa shape index (κ1) is 22.7. The zero-order chi connectivity index (χ0) is 23.4. The normalized spacial score (nSPS) is 14.8. The SMILES string of the molecule is O=C(OS(=O)(=O)Cc1ccc2ccccc2c1)N1CCN(Cc2cccc([N+](=O)[O-])c2)CC1. The fraction of sp³-hybridized carbons (Fsp3) is 0.261. The fourth-order valence-electron chi connectivity index (χ4n) is 3.84. The van der Waals surface area contributed by atoms with E-state index in [1.165, 1.54) is 17.0 Å². The number of piperazine rings is 1. The van der Waals surface area contributed by atoms with Crippen LogP contribution in [0.3, 0.4) is 0 Å². The molecular formula is C23H23N3O6S. The Morgan fingerprint density at radius 2 is 1.64 bits per heavy atom. The van der Waals surface area contributed by atoms with Gasteiger partial charge in [-0.25, -0.2) is 4.79 Å². The molecule has 0 aliphatic carbocycles. The monoisotopic (exact) mass is 469 g/mol. The van der Waals surface area contributed by atoms with E-state index in [1.807, 2.05) is 41.3 Å². The van der Waals surface area contributed by atoms with Crippen LogP contribution >= 0.6 is 0 Å². The predicted molar refractivity (Wildman–Crippen MR) is 123 cm³/mol. The Balaban J connectivity index is 1.30. The molecule has 33 heavy (non-hydrogen) atoms. The summed E-state index contributed by atoms with van der Waals surface area (Å²) in [6.07, 6.45) is -0.884. The molecule has 0 radical (unpaired) electrons. The van der Waals surface area contributed by atoms with Crippen LogP contribution in [0.25, 0.3) is 10.8 Å². The largest absolute Gasteiger partial charge is 0.425 e. The van der Waals surface area contributed by atoms with Crippen LogP contribution in [0.5, 0.6) is 0 Å². The number of benzene rings is 3. The van der Waals surface area contributed by atoms with Gasteiger partial charge in [0, 0.05) is 44.9 Å². The summed E-state index contributed by atoms with van der Waals surface area (Å²) in [6, 6.07) is 19.3. The first-order valence-electron chi connectivity index (χ1n) is 10.4. The zero-order valence-electron chi connectivity index (χ0n) is 17.8. The number of rotatable bonds is 6. The summed E-state index contributed by atoms with van der Waals surface area (Å²) in [6.45, 7) is 2.12. The Bertz CT molecular complexity index is 1290. The lowest BCUT2D eigenvalue weighted by Gasteiger charge is -2.33. The van der Waals surface area contributed by atoms with E-state index in [4.69, 9.17) is 4.18 Å². The van der Waals surface area contributed by atoms with E-state index in [-0.39, 0.29) is 5.69 Å². The van der Waals surface area contributed by atoms with Crippen molar-refractivity contribution in [2.45, 2.75) is 12.3 Å². The predicted octanol–water partition coefficient (Wildman–Crippen LogP) is 3.53. The number of nitro benzene ring substituents is 1. The lowest BCUT2D eigenvalue weighted by atomic mass is 10.1. The van der Waals surface area contributed by atoms with E-state index in [2.05, 4.69) is 0 Å². The molecule has 3 aromatic rings. The van der Waals surface area contributed by atoms with Crippen LogP contribution in [-0.4, -0.2) is 55.4 Å². The van der Waals surface area contributed by atoms with Gasteiger partial charge >= 0.3 is 16.2 Å². The van der Waals surface area contributed by atoms with Crippen LogP contribution in [0.4, 0.5) is 10.5 Å². The van der Waals surface area contributed by atoms with E-state index in [0.29, 0.717) is 38.3 Å². The quantitative estimate of drug-likeness (QED) is 0.308. The average Bonchev–Trinajstić information content (AvgIpc) is 2.79. The summed E-state index contributed by atoms with van der Waals surface area (Å²) < 4.78 is 29.7. The van der Waals surface area contributed by atoms with E-state index in [9.17, 15) is 23.3 Å². The number of fused-ring (bicyclic) bond motifs is 1. The molecule has 0 atom stereocenters. The molecule has 4 rings (SSSR count). The number of nitrogens with zero attached hydrogens (tertiary/aromatic N) is 3. The average molecular weight is 470 g/mol. The first-order chi connectivity index (χ1) is 15.8. The number of hydrogen-bond donors (Lipinski definition) is 0. The number of carbonyl (C=O) groups excluding carboxylic acids is 1. The molecule has 1 fully saturated rings. The van der Waals surface area contributed by atoms with Gasteiger partial charge in [-0.2, -0.15) is 8.42 Å². The van der Waals surface area contributed by atoms with E-state index < -0.39 is 26.9 Å². The molecule has 1 saturated heterocycles.